The molecule has 1 atom stereocenters. The molecule has 1 aromatic carbocycles. The lowest BCUT2D eigenvalue weighted by Gasteiger charge is -2.12. The van der Waals surface area contributed by atoms with Crippen LogP contribution in [0.5, 0.6) is 0 Å². The van der Waals surface area contributed by atoms with E-state index < -0.39 is 0 Å². The summed E-state index contributed by atoms with van der Waals surface area (Å²) in [6.07, 6.45) is 2.35. The number of hydrogen-bond donors (Lipinski definition) is 2. The van der Waals surface area contributed by atoms with Gasteiger partial charge in [0, 0.05) is 18.8 Å². The summed E-state index contributed by atoms with van der Waals surface area (Å²) in [5.41, 5.74) is 6.38. The van der Waals surface area contributed by atoms with Gasteiger partial charge >= 0.3 is 0 Å². The fourth-order valence-corrected chi connectivity index (χ4v) is 1.70. The molecule has 3 N–H and O–H groups in total. The summed E-state index contributed by atoms with van der Waals surface area (Å²) < 4.78 is 18.8. The van der Waals surface area contributed by atoms with Crippen LogP contribution in [0.25, 0.3) is 0 Å². The fraction of sp³-hybridized carbons (Fsp3) is 0.455. The lowest BCUT2D eigenvalue weighted by Crippen LogP contribution is -2.18. The molecule has 0 unspecified atom stereocenters. The number of nitrogen functional groups attached to an aromatic ring is 1. The lowest BCUT2D eigenvalue weighted by molar-refractivity contribution is 0.120. The molecule has 0 saturated carbocycles. The molecule has 0 bridgehead atoms. The first-order chi connectivity index (χ1) is 7.25. The number of benzene rings is 1. The van der Waals surface area contributed by atoms with Crippen molar-refractivity contribution in [1.82, 2.24) is 0 Å². The Balaban J connectivity index is 1.92. The summed E-state index contributed by atoms with van der Waals surface area (Å²) in [6.45, 7) is 1.47. The number of nitrogens with one attached hydrogen (secondary N) is 1. The number of halogens is 1. The topological polar surface area (TPSA) is 47.3 Å². The molecule has 0 radical (unpaired) electrons. The van der Waals surface area contributed by atoms with Crippen LogP contribution in [0.1, 0.15) is 12.8 Å². The van der Waals surface area contributed by atoms with Gasteiger partial charge in [0.15, 0.2) is 0 Å². The molecule has 1 aliphatic rings. The van der Waals surface area contributed by atoms with Crippen molar-refractivity contribution in [2.24, 2.45) is 0 Å². The van der Waals surface area contributed by atoms with Crippen molar-refractivity contribution in [3.8, 4) is 0 Å². The maximum absolute atomic E-state index is 13.3. The monoisotopic (exact) mass is 210 g/mol. The Kier molecular flexibility index (Phi) is 3.06. The van der Waals surface area contributed by atoms with E-state index in [2.05, 4.69) is 5.32 Å². The fourth-order valence-electron chi connectivity index (χ4n) is 1.70. The molecule has 0 spiro atoms. The van der Waals surface area contributed by atoms with Gasteiger partial charge in [-0.05, 0) is 31.0 Å². The van der Waals surface area contributed by atoms with Crippen LogP contribution in [-0.4, -0.2) is 19.3 Å². The van der Waals surface area contributed by atoms with Crippen LogP contribution in [0.15, 0.2) is 18.2 Å². The largest absolute Gasteiger partial charge is 0.399 e. The molecule has 1 heterocycles. The predicted octanol–water partition coefficient (Wildman–Crippen LogP) is 2.00. The maximum atomic E-state index is 13.3. The quantitative estimate of drug-likeness (QED) is 0.750. The Bertz CT molecular complexity index is 337. The molecular weight excluding hydrogens is 195 g/mol. The Morgan fingerprint density at radius 3 is 3.07 bits per heavy atom. The van der Waals surface area contributed by atoms with E-state index >= 15 is 0 Å². The first-order valence-electron chi connectivity index (χ1n) is 5.16. The lowest BCUT2D eigenvalue weighted by atomic mass is 10.2. The van der Waals surface area contributed by atoms with E-state index in [-0.39, 0.29) is 11.9 Å². The highest BCUT2D eigenvalue weighted by Gasteiger charge is 2.15. The van der Waals surface area contributed by atoms with Crippen LogP contribution in [-0.2, 0) is 4.74 Å². The van der Waals surface area contributed by atoms with Crippen molar-refractivity contribution in [3.63, 3.8) is 0 Å². The number of nitrogens with two attached hydrogens (primary N) is 1. The maximum Gasteiger partial charge on any atom is 0.148 e. The summed E-state index contributed by atoms with van der Waals surface area (Å²) >= 11 is 0. The third-order valence-electron chi connectivity index (χ3n) is 2.54. The second-order valence-corrected chi connectivity index (χ2v) is 3.76. The van der Waals surface area contributed by atoms with Gasteiger partial charge in [0.05, 0.1) is 11.8 Å². The Morgan fingerprint density at radius 2 is 2.40 bits per heavy atom. The average Bonchev–Trinajstić information content (AvgIpc) is 2.69. The molecule has 3 nitrogen and oxygen atoms in total. The summed E-state index contributed by atoms with van der Waals surface area (Å²) in [5.74, 6) is -0.312. The number of anilines is 2. The van der Waals surface area contributed by atoms with Crippen molar-refractivity contribution in [3.05, 3.63) is 24.0 Å². The molecule has 1 aromatic rings. The summed E-state index contributed by atoms with van der Waals surface area (Å²) in [7, 11) is 0. The molecular formula is C11H15FN2O. The molecule has 1 saturated heterocycles. The molecule has 1 aliphatic heterocycles. The van der Waals surface area contributed by atoms with E-state index in [0.29, 0.717) is 17.9 Å². The normalized spacial score (nSPS) is 20.5. The van der Waals surface area contributed by atoms with Gasteiger partial charge in [-0.25, -0.2) is 4.39 Å². The highest BCUT2D eigenvalue weighted by Crippen LogP contribution is 2.18. The van der Waals surface area contributed by atoms with E-state index in [1.165, 1.54) is 6.07 Å². The van der Waals surface area contributed by atoms with E-state index in [4.69, 9.17) is 10.5 Å². The van der Waals surface area contributed by atoms with Gasteiger partial charge in [-0.15, -0.1) is 0 Å². The summed E-state index contributed by atoms with van der Waals surface area (Å²) in [4.78, 5) is 0. The second-order valence-electron chi connectivity index (χ2n) is 3.76. The average molecular weight is 210 g/mol. The van der Waals surface area contributed by atoms with Gasteiger partial charge < -0.3 is 15.8 Å². The molecule has 82 valence electrons. The second kappa shape index (κ2) is 4.49. The standard InChI is InChI=1S/C11H15FN2O/c12-10-6-8(13)3-4-11(10)14-7-9-2-1-5-15-9/h3-4,6,9,14H,1-2,5,7,13H2/t9-/m0/s1. The minimum absolute atomic E-state index is 0.210. The minimum atomic E-state index is -0.312. The van der Waals surface area contributed by atoms with E-state index in [0.717, 1.165) is 19.4 Å². The highest BCUT2D eigenvalue weighted by molar-refractivity contribution is 5.52. The van der Waals surface area contributed by atoms with Crippen LogP contribution >= 0.6 is 0 Å². The van der Waals surface area contributed by atoms with Gasteiger partial charge in [-0.3, -0.25) is 0 Å². The zero-order valence-corrected chi connectivity index (χ0v) is 8.50. The van der Waals surface area contributed by atoms with Crippen molar-refractivity contribution in [2.75, 3.05) is 24.2 Å². The molecule has 1 fully saturated rings. The highest BCUT2D eigenvalue weighted by atomic mass is 19.1. The van der Waals surface area contributed by atoms with Crippen LogP contribution in [0.4, 0.5) is 15.8 Å². The Hall–Kier alpha value is -1.29. The number of ether oxygens (including phenoxy) is 1. The molecule has 0 amide bonds. The zero-order chi connectivity index (χ0) is 10.7. The van der Waals surface area contributed by atoms with Gasteiger partial charge in [0.1, 0.15) is 5.82 Å². The summed E-state index contributed by atoms with van der Waals surface area (Å²) in [6, 6.07) is 4.65. The number of hydrogen-bond acceptors (Lipinski definition) is 3. The van der Waals surface area contributed by atoms with Crippen LogP contribution in [0, 0.1) is 5.82 Å². The first-order valence-corrected chi connectivity index (χ1v) is 5.16. The van der Waals surface area contributed by atoms with Gasteiger partial charge in [0.2, 0.25) is 0 Å². The minimum Gasteiger partial charge on any atom is -0.399 e. The third kappa shape index (κ3) is 2.59. The molecule has 0 aliphatic carbocycles. The van der Waals surface area contributed by atoms with Crippen molar-refractivity contribution in [1.29, 1.82) is 0 Å². The van der Waals surface area contributed by atoms with E-state index in [1.807, 2.05) is 0 Å². The van der Waals surface area contributed by atoms with Crippen molar-refractivity contribution >= 4 is 11.4 Å². The SMILES string of the molecule is Nc1ccc(NC[C@@H]2CCCO2)c(F)c1. The van der Waals surface area contributed by atoms with Gasteiger partial charge in [-0.2, -0.15) is 0 Å². The Labute approximate surface area is 88.4 Å². The predicted molar refractivity (Wildman–Crippen MR) is 58.3 cm³/mol. The van der Waals surface area contributed by atoms with Crippen molar-refractivity contribution in [2.45, 2.75) is 18.9 Å². The smallest absolute Gasteiger partial charge is 0.148 e. The van der Waals surface area contributed by atoms with Crippen LogP contribution in [0.3, 0.4) is 0 Å². The van der Waals surface area contributed by atoms with Crippen LogP contribution < -0.4 is 11.1 Å². The third-order valence-corrected chi connectivity index (χ3v) is 2.54. The molecule has 2 rings (SSSR count). The Morgan fingerprint density at radius 1 is 1.53 bits per heavy atom. The zero-order valence-electron chi connectivity index (χ0n) is 8.50. The van der Waals surface area contributed by atoms with Crippen LogP contribution in [0.2, 0.25) is 0 Å². The number of rotatable bonds is 3. The molecule has 4 heteroatoms. The van der Waals surface area contributed by atoms with Gasteiger partial charge in [0.25, 0.3) is 0 Å². The van der Waals surface area contributed by atoms with E-state index in [9.17, 15) is 4.39 Å². The van der Waals surface area contributed by atoms with E-state index in [1.54, 1.807) is 12.1 Å². The first kappa shape index (κ1) is 10.2. The molecule has 15 heavy (non-hydrogen) atoms. The molecule has 0 aromatic heterocycles. The van der Waals surface area contributed by atoms with Crippen molar-refractivity contribution < 1.29 is 9.13 Å². The summed E-state index contributed by atoms with van der Waals surface area (Å²) in [5, 5.41) is 3.03. The van der Waals surface area contributed by atoms with Gasteiger partial charge in [-0.1, -0.05) is 0 Å².